The van der Waals surface area contributed by atoms with Crippen LogP contribution in [0.3, 0.4) is 0 Å². The van der Waals surface area contributed by atoms with Gasteiger partial charge in [0.1, 0.15) is 24.7 Å². The molecule has 59 heavy (non-hydrogen) atoms. The number of rotatable bonds is 18. The van der Waals surface area contributed by atoms with Gasteiger partial charge in [0.25, 0.3) is 0 Å². The highest BCUT2D eigenvalue weighted by molar-refractivity contribution is 9.10. The first-order valence-corrected chi connectivity index (χ1v) is 20.6. The standard InChI is InChI=1S/C47H48BrN5O6/c1-30(2)52-42(39-26-37(48)18-20-41(39)50-52)28-58-45-16-7-5-13-36(45)25-47(56)57-21-9-10-31(3)53-43(29-59-44-15-6-4-12-35(44)24-46(54)55)38-23-34(17-19-40(38)51-53)33-14-8-11-32(22-33)27-49/h4-8,11-20,22-23,26,30-31H,9-10,21,24-25,27-29,49H2,1-3H3,(H,54,55). The summed E-state index contributed by atoms with van der Waals surface area (Å²) in [5, 5.41) is 21.2. The Kier molecular flexibility index (Phi) is 13.1. The van der Waals surface area contributed by atoms with E-state index in [1.807, 2.05) is 70.0 Å². The van der Waals surface area contributed by atoms with E-state index >= 15 is 0 Å². The molecule has 1 atom stereocenters. The minimum Gasteiger partial charge on any atom is -0.487 e. The first-order valence-electron chi connectivity index (χ1n) is 19.8. The maximum Gasteiger partial charge on any atom is 0.310 e. The molecule has 0 radical (unpaired) electrons. The molecule has 0 saturated heterocycles. The second-order valence-electron chi connectivity index (χ2n) is 14.9. The van der Waals surface area contributed by atoms with Gasteiger partial charge in [0.2, 0.25) is 0 Å². The van der Waals surface area contributed by atoms with Crippen LogP contribution in [0.5, 0.6) is 11.5 Å². The molecule has 11 nitrogen and oxygen atoms in total. The molecule has 12 heteroatoms. The highest BCUT2D eigenvalue weighted by atomic mass is 79.9. The van der Waals surface area contributed by atoms with E-state index in [1.54, 1.807) is 18.2 Å². The van der Waals surface area contributed by atoms with Crippen LogP contribution in [0, 0.1) is 0 Å². The molecule has 5 aromatic carbocycles. The van der Waals surface area contributed by atoms with Gasteiger partial charge in [0.05, 0.1) is 41.9 Å². The molecule has 0 aliphatic heterocycles. The maximum absolute atomic E-state index is 13.2. The maximum atomic E-state index is 13.2. The molecule has 1 unspecified atom stereocenters. The summed E-state index contributed by atoms with van der Waals surface area (Å²) in [5.41, 5.74) is 13.9. The van der Waals surface area contributed by atoms with Crippen LogP contribution in [0.4, 0.5) is 0 Å². The molecule has 7 aromatic rings. The van der Waals surface area contributed by atoms with E-state index < -0.39 is 5.97 Å². The second kappa shape index (κ2) is 18.7. The summed E-state index contributed by atoms with van der Waals surface area (Å²) in [6.45, 7) is 7.42. The zero-order valence-corrected chi connectivity index (χ0v) is 35.0. The number of ether oxygens (including phenoxy) is 3. The molecule has 3 N–H and O–H groups in total. The number of aliphatic carboxylic acids is 1. The number of hydrogen-bond donors (Lipinski definition) is 2. The molecule has 0 bridgehead atoms. The molecular formula is C47H48BrN5O6. The van der Waals surface area contributed by atoms with Gasteiger partial charge in [0, 0.05) is 45.0 Å². The van der Waals surface area contributed by atoms with E-state index in [4.69, 9.17) is 30.1 Å². The lowest BCUT2D eigenvalue weighted by atomic mass is 10.0. The van der Waals surface area contributed by atoms with Crippen molar-refractivity contribution in [2.24, 2.45) is 5.73 Å². The van der Waals surface area contributed by atoms with E-state index in [1.165, 1.54) is 0 Å². The summed E-state index contributed by atoms with van der Waals surface area (Å²) < 4.78 is 23.4. The van der Waals surface area contributed by atoms with Crippen molar-refractivity contribution in [3.63, 3.8) is 0 Å². The van der Waals surface area contributed by atoms with Crippen LogP contribution in [0.25, 0.3) is 32.9 Å². The van der Waals surface area contributed by atoms with Gasteiger partial charge in [-0.05, 0) is 98.8 Å². The number of aromatic nitrogens is 4. The van der Waals surface area contributed by atoms with E-state index in [9.17, 15) is 14.7 Å². The number of nitrogens with two attached hydrogens (primary N) is 1. The van der Waals surface area contributed by atoms with Crippen molar-refractivity contribution in [2.45, 2.75) is 78.3 Å². The lowest BCUT2D eigenvalue weighted by molar-refractivity contribution is -0.143. The van der Waals surface area contributed by atoms with E-state index in [0.29, 0.717) is 43.1 Å². The van der Waals surface area contributed by atoms with Gasteiger partial charge in [-0.25, -0.2) is 0 Å². The third-order valence-electron chi connectivity index (χ3n) is 10.3. The number of fused-ring (bicyclic) bond motifs is 2. The first-order chi connectivity index (χ1) is 28.6. The number of nitrogens with zero attached hydrogens (tertiary/aromatic N) is 4. The first kappa shape index (κ1) is 41.2. The fourth-order valence-electron chi connectivity index (χ4n) is 7.35. The third-order valence-corrected chi connectivity index (χ3v) is 10.8. The molecule has 0 aliphatic carbocycles. The van der Waals surface area contributed by atoms with Gasteiger partial charge >= 0.3 is 11.9 Å². The van der Waals surface area contributed by atoms with Gasteiger partial charge in [-0.1, -0.05) is 76.6 Å². The van der Waals surface area contributed by atoms with Gasteiger partial charge in [0.15, 0.2) is 0 Å². The van der Waals surface area contributed by atoms with Gasteiger partial charge in [-0.3, -0.25) is 19.0 Å². The van der Waals surface area contributed by atoms with Crippen molar-refractivity contribution in [2.75, 3.05) is 6.61 Å². The highest BCUT2D eigenvalue weighted by Gasteiger charge is 2.20. The zero-order valence-electron chi connectivity index (χ0n) is 33.4. The summed E-state index contributed by atoms with van der Waals surface area (Å²) in [5.74, 6) is -0.126. The monoisotopic (exact) mass is 857 g/mol. The molecule has 0 spiro atoms. The molecule has 0 fully saturated rings. The van der Waals surface area contributed by atoms with Crippen LogP contribution >= 0.6 is 15.9 Å². The Hall–Kier alpha value is -5.98. The van der Waals surface area contributed by atoms with Crippen LogP contribution in [0.15, 0.2) is 114 Å². The number of carbonyl (C=O) groups is 2. The minimum absolute atomic E-state index is 0.0666. The van der Waals surface area contributed by atoms with Crippen LogP contribution in [-0.2, 0) is 46.9 Å². The van der Waals surface area contributed by atoms with Crippen molar-refractivity contribution in [1.29, 1.82) is 0 Å². The Bertz CT molecular complexity index is 2600. The van der Waals surface area contributed by atoms with Crippen molar-refractivity contribution < 1.29 is 28.9 Å². The van der Waals surface area contributed by atoms with Crippen molar-refractivity contribution in [1.82, 2.24) is 19.6 Å². The van der Waals surface area contributed by atoms with Crippen molar-refractivity contribution in [3.8, 4) is 22.6 Å². The molecule has 2 aromatic heterocycles. The van der Waals surface area contributed by atoms with Gasteiger partial charge < -0.3 is 25.1 Å². The van der Waals surface area contributed by atoms with E-state index in [2.05, 4.69) is 67.0 Å². The molecule has 7 rings (SSSR count). The molecule has 0 aliphatic rings. The Morgan fingerprint density at radius 1 is 0.729 bits per heavy atom. The lowest BCUT2D eigenvalue weighted by Gasteiger charge is -2.17. The van der Waals surface area contributed by atoms with Crippen molar-refractivity contribution in [3.05, 3.63) is 142 Å². The predicted octanol–water partition coefficient (Wildman–Crippen LogP) is 9.77. The Morgan fingerprint density at radius 3 is 2.02 bits per heavy atom. The van der Waals surface area contributed by atoms with Crippen LogP contribution in [-0.4, -0.2) is 43.2 Å². The Balaban J connectivity index is 1.02. The number of halogens is 1. The average Bonchev–Trinajstić information content (AvgIpc) is 3.79. The molecule has 0 saturated carbocycles. The number of carboxylic acid groups (broad SMARTS) is 1. The summed E-state index contributed by atoms with van der Waals surface area (Å²) in [6.07, 6.45) is 1.23. The third kappa shape index (κ3) is 9.84. The van der Waals surface area contributed by atoms with E-state index in [0.717, 1.165) is 59.9 Å². The number of carbonyl (C=O) groups excluding carboxylic acids is 1. The van der Waals surface area contributed by atoms with Gasteiger partial charge in [-0.15, -0.1) is 0 Å². The number of carboxylic acids is 1. The van der Waals surface area contributed by atoms with Crippen LogP contribution < -0.4 is 15.2 Å². The summed E-state index contributed by atoms with van der Waals surface area (Å²) in [4.78, 5) is 24.8. The number of esters is 1. The van der Waals surface area contributed by atoms with Crippen molar-refractivity contribution >= 4 is 49.7 Å². The molecule has 0 amide bonds. The predicted molar refractivity (Wildman–Crippen MR) is 232 cm³/mol. The quantitative estimate of drug-likeness (QED) is 0.0637. The molecular weight excluding hydrogens is 810 g/mol. The second-order valence-corrected chi connectivity index (χ2v) is 15.8. The normalized spacial score (nSPS) is 12.0. The number of benzene rings is 5. The average molecular weight is 859 g/mol. The largest absolute Gasteiger partial charge is 0.487 e. The molecule has 2 heterocycles. The highest BCUT2D eigenvalue weighted by Crippen LogP contribution is 2.32. The lowest BCUT2D eigenvalue weighted by Crippen LogP contribution is -2.15. The van der Waals surface area contributed by atoms with E-state index in [-0.39, 0.29) is 44.1 Å². The summed E-state index contributed by atoms with van der Waals surface area (Å²) in [7, 11) is 0. The van der Waals surface area contributed by atoms with Gasteiger partial charge in [-0.2, -0.15) is 10.2 Å². The number of para-hydroxylation sites is 2. The zero-order chi connectivity index (χ0) is 41.5. The fraction of sp³-hybridized carbons (Fsp3) is 0.277. The topological polar surface area (TPSA) is 144 Å². The Morgan fingerprint density at radius 2 is 1.34 bits per heavy atom. The molecule has 304 valence electrons. The summed E-state index contributed by atoms with van der Waals surface area (Å²) >= 11 is 3.58. The Labute approximate surface area is 351 Å². The van der Waals surface area contributed by atoms with Crippen LogP contribution in [0.2, 0.25) is 0 Å². The van der Waals surface area contributed by atoms with Crippen LogP contribution in [0.1, 0.15) is 73.8 Å². The fourth-order valence-corrected chi connectivity index (χ4v) is 7.71. The SMILES string of the molecule is CC(C)n1nc2ccc(Br)cc2c1COc1ccccc1CC(=O)OCCCC(C)n1nc2ccc(-c3cccc(CN)c3)cc2c1COc1ccccc1CC(=O)O. The minimum atomic E-state index is -0.930. The smallest absolute Gasteiger partial charge is 0.310 e. The number of hydrogen-bond acceptors (Lipinski definition) is 8. The summed E-state index contributed by atoms with van der Waals surface area (Å²) in [6, 6.07) is 35.2.